The van der Waals surface area contributed by atoms with Crippen molar-refractivity contribution < 1.29 is 4.79 Å². The summed E-state index contributed by atoms with van der Waals surface area (Å²) in [5.41, 5.74) is 2.83. The number of carbonyl (C=O) groups excluding carboxylic acids is 1. The van der Waals surface area contributed by atoms with E-state index in [4.69, 9.17) is 0 Å². The smallest absolute Gasteiger partial charge is 0.230 e. The molecule has 1 aliphatic heterocycles. The average molecular weight is 358 g/mol. The lowest BCUT2D eigenvalue weighted by atomic mass is 10.1. The van der Waals surface area contributed by atoms with Crippen molar-refractivity contribution in [3.8, 4) is 0 Å². The molecule has 4 nitrogen and oxygen atoms in total. The number of para-hydroxylation sites is 1. The van der Waals surface area contributed by atoms with E-state index in [0.717, 1.165) is 27.0 Å². The number of thiophene rings is 1. The van der Waals surface area contributed by atoms with Gasteiger partial charge in [-0.25, -0.2) is 4.99 Å². The first-order valence-electron chi connectivity index (χ1n) is 7.62. The predicted octanol–water partition coefficient (Wildman–Crippen LogP) is 4.26. The summed E-state index contributed by atoms with van der Waals surface area (Å²) in [4.78, 5) is 19.9. The van der Waals surface area contributed by atoms with Crippen LogP contribution in [0.2, 0.25) is 0 Å². The van der Waals surface area contributed by atoms with Gasteiger partial charge in [0.2, 0.25) is 5.91 Å². The van der Waals surface area contributed by atoms with Crippen LogP contribution in [0.25, 0.3) is 5.70 Å². The van der Waals surface area contributed by atoms with Crippen LogP contribution < -0.4 is 5.32 Å². The highest BCUT2D eigenvalue weighted by atomic mass is 32.2. The molecule has 1 aromatic carbocycles. The minimum atomic E-state index is 0.00136. The van der Waals surface area contributed by atoms with Gasteiger partial charge in [-0.05, 0) is 24.4 Å². The van der Waals surface area contributed by atoms with Crippen LogP contribution in [-0.2, 0) is 4.79 Å². The summed E-state index contributed by atoms with van der Waals surface area (Å²) in [5.74, 6) is 0.329. The van der Waals surface area contributed by atoms with E-state index in [1.807, 2.05) is 60.6 Å². The molecule has 1 N–H and O–H groups in total. The van der Waals surface area contributed by atoms with Crippen LogP contribution in [0.3, 0.4) is 0 Å². The van der Waals surface area contributed by atoms with Gasteiger partial charge in [-0.15, -0.1) is 11.3 Å². The van der Waals surface area contributed by atoms with E-state index in [0.29, 0.717) is 5.75 Å². The number of aliphatic imine (C=N–C) groups is 1. The first-order valence-corrected chi connectivity index (χ1v) is 9.49. The van der Waals surface area contributed by atoms with Crippen molar-refractivity contribution in [2.24, 2.45) is 4.99 Å². The Morgan fingerprint density at radius 2 is 2.17 bits per heavy atom. The maximum absolute atomic E-state index is 12.2. The minimum absolute atomic E-state index is 0.00136. The normalized spacial score (nSPS) is 14.8. The Morgan fingerprint density at radius 3 is 2.92 bits per heavy atom. The summed E-state index contributed by atoms with van der Waals surface area (Å²) < 4.78 is 0. The number of nitrogens with one attached hydrogen (secondary N) is 1. The minimum Gasteiger partial charge on any atom is -0.348 e. The van der Waals surface area contributed by atoms with E-state index < -0.39 is 0 Å². The number of hydrogen-bond acceptors (Lipinski definition) is 5. The van der Waals surface area contributed by atoms with Crippen LogP contribution in [0.4, 0.5) is 5.69 Å². The number of rotatable bonds is 4. The summed E-state index contributed by atoms with van der Waals surface area (Å²) in [6.07, 6.45) is 0. The quantitative estimate of drug-likeness (QED) is 0.889. The molecule has 0 saturated carbocycles. The van der Waals surface area contributed by atoms with E-state index in [2.05, 4.69) is 16.9 Å². The molecule has 2 heterocycles. The number of benzene rings is 1. The van der Waals surface area contributed by atoms with E-state index in [1.165, 1.54) is 11.8 Å². The Labute approximate surface area is 150 Å². The zero-order chi connectivity index (χ0) is 17.1. The number of amides is 1. The van der Waals surface area contributed by atoms with Gasteiger partial charge in [0, 0.05) is 23.2 Å². The van der Waals surface area contributed by atoms with E-state index in [1.54, 1.807) is 11.3 Å². The van der Waals surface area contributed by atoms with Crippen molar-refractivity contribution in [3.63, 3.8) is 0 Å². The topological polar surface area (TPSA) is 44.7 Å². The zero-order valence-electron chi connectivity index (χ0n) is 13.7. The third kappa shape index (κ3) is 3.55. The summed E-state index contributed by atoms with van der Waals surface area (Å²) >= 11 is 3.07. The zero-order valence-corrected chi connectivity index (χ0v) is 15.3. The molecule has 124 valence electrons. The molecule has 0 radical (unpaired) electrons. The van der Waals surface area contributed by atoms with Crippen LogP contribution in [0, 0.1) is 0 Å². The fourth-order valence-electron chi connectivity index (χ4n) is 2.44. The number of hydrogen-bond donors (Lipinski definition) is 1. The van der Waals surface area contributed by atoms with Gasteiger partial charge in [0.15, 0.2) is 5.17 Å². The summed E-state index contributed by atoms with van der Waals surface area (Å²) in [6, 6.07) is 12.0. The van der Waals surface area contributed by atoms with Gasteiger partial charge in [-0.2, -0.15) is 0 Å². The van der Waals surface area contributed by atoms with Gasteiger partial charge in [0.05, 0.1) is 17.5 Å². The second-order valence-electron chi connectivity index (χ2n) is 5.51. The molecule has 0 saturated heterocycles. The highest BCUT2D eigenvalue weighted by Gasteiger charge is 2.21. The molecule has 1 amide bonds. The number of amidine groups is 1. The lowest BCUT2D eigenvalue weighted by Crippen LogP contribution is -2.30. The molecule has 2 aromatic rings. The fourth-order valence-corrected chi connectivity index (χ4v) is 3.99. The van der Waals surface area contributed by atoms with E-state index >= 15 is 0 Å². The molecule has 0 unspecified atom stereocenters. The number of thioether (sulfide) groups is 1. The maximum atomic E-state index is 12.2. The van der Waals surface area contributed by atoms with Crippen LogP contribution in [0.1, 0.15) is 23.4 Å². The molecule has 0 bridgehead atoms. The molecular formula is C18H19N3OS2. The van der Waals surface area contributed by atoms with Gasteiger partial charge < -0.3 is 10.2 Å². The molecule has 0 aliphatic carbocycles. The molecule has 0 fully saturated rings. The second-order valence-corrected chi connectivity index (χ2v) is 7.43. The number of fused-ring (bicyclic) bond motifs is 1. The third-order valence-electron chi connectivity index (χ3n) is 3.80. The first-order chi connectivity index (χ1) is 11.6. The average Bonchev–Trinajstić information content (AvgIpc) is 3.11. The molecule has 1 aromatic heterocycles. The van der Waals surface area contributed by atoms with Crippen LogP contribution >= 0.6 is 23.1 Å². The molecular weight excluding hydrogens is 338 g/mol. The van der Waals surface area contributed by atoms with Crippen molar-refractivity contribution in [1.82, 2.24) is 10.2 Å². The monoisotopic (exact) mass is 357 g/mol. The van der Waals surface area contributed by atoms with Crippen molar-refractivity contribution >= 4 is 45.6 Å². The second kappa shape index (κ2) is 7.23. The molecule has 3 rings (SSSR count). The van der Waals surface area contributed by atoms with Crippen LogP contribution in [0.5, 0.6) is 0 Å². The van der Waals surface area contributed by atoms with Crippen molar-refractivity contribution in [1.29, 1.82) is 0 Å². The standard InChI is InChI=1S/C18H19N3OS2/c1-12(16-9-6-10-23-16)19-17(22)11-24-18-20-15-8-5-4-7-14(15)13(2)21(18)3/h4-10,12H,2,11H2,1,3H3,(H,19,22)/t12-/m0/s1. The van der Waals surface area contributed by atoms with Gasteiger partial charge in [-0.1, -0.05) is 42.6 Å². The van der Waals surface area contributed by atoms with Crippen LogP contribution in [0.15, 0.2) is 53.3 Å². The van der Waals surface area contributed by atoms with Crippen LogP contribution in [-0.4, -0.2) is 28.8 Å². The lowest BCUT2D eigenvalue weighted by molar-refractivity contribution is -0.119. The van der Waals surface area contributed by atoms with E-state index in [9.17, 15) is 4.79 Å². The van der Waals surface area contributed by atoms with Crippen molar-refractivity contribution in [3.05, 3.63) is 58.8 Å². The SMILES string of the molecule is C=C1c2ccccc2N=C(SCC(=O)N[C@@H](C)c2cccs2)N1C. The summed E-state index contributed by atoms with van der Waals surface area (Å²) in [6.45, 7) is 6.13. The first kappa shape index (κ1) is 16.8. The molecule has 6 heteroatoms. The highest BCUT2D eigenvalue weighted by Crippen LogP contribution is 2.34. The third-order valence-corrected chi connectivity index (χ3v) is 5.89. The van der Waals surface area contributed by atoms with Gasteiger partial charge in [0.1, 0.15) is 0 Å². The molecule has 1 aliphatic rings. The fraction of sp³-hybridized carbons (Fsp3) is 0.222. The van der Waals surface area contributed by atoms with Gasteiger partial charge in [-0.3, -0.25) is 4.79 Å². The highest BCUT2D eigenvalue weighted by molar-refractivity contribution is 8.14. The van der Waals surface area contributed by atoms with Crippen molar-refractivity contribution in [2.75, 3.05) is 12.8 Å². The Morgan fingerprint density at radius 1 is 1.38 bits per heavy atom. The maximum Gasteiger partial charge on any atom is 0.230 e. The molecule has 1 atom stereocenters. The Kier molecular flexibility index (Phi) is 5.06. The summed E-state index contributed by atoms with van der Waals surface area (Å²) in [5, 5.41) is 5.83. The van der Waals surface area contributed by atoms with E-state index in [-0.39, 0.29) is 11.9 Å². The molecule has 0 spiro atoms. The predicted molar refractivity (Wildman–Crippen MR) is 104 cm³/mol. The summed E-state index contributed by atoms with van der Waals surface area (Å²) in [7, 11) is 1.93. The van der Waals surface area contributed by atoms with Gasteiger partial charge >= 0.3 is 0 Å². The van der Waals surface area contributed by atoms with Gasteiger partial charge in [0.25, 0.3) is 0 Å². The molecule has 24 heavy (non-hydrogen) atoms. The Balaban J connectivity index is 1.63. The Bertz CT molecular complexity index is 783. The number of carbonyl (C=O) groups is 1. The Hall–Kier alpha value is -2.05. The van der Waals surface area contributed by atoms with Crippen molar-refractivity contribution in [2.45, 2.75) is 13.0 Å². The largest absolute Gasteiger partial charge is 0.348 e. The number of nitrogens with zero attached hydrogens (tertiary/aromatic N) is 2. The lowest BCUT2D eigenvalue weighted by Gasteiger charge is -2.28.